The zero-order valence-electron chi connectivity index (χ0n) is 25.4. The van der Waals surface area contributed by atoms with Gasteiger partial charge < -0.3 is 14.4 Å². The molecule has 232 valence electrons. The SMILES string of the molecule is CC(C)(C)c1cc(-c2ccc(Cl)c(F)c2)nc2cc(C(=O)N3CCN(C(=O)C4CC5(CC(C(=O)O)C5)C4)C(=O)C3(C)C)oc12. The molecular weight excluding hydrogens is 589 g/mol. The number of furan rings is 1. The predicted molar refractivity (Wildman–Crippen MR) is 160 cm³/mol. The first-order valence-corrected chi connectivity index (χ1v) is 15.2. The van der Waals surface area contributed by atoms with Crippen LogP contribution in [-0.4, -0.2) is 62.2 Å². The Labute approximate surface area is 259 Å². The maximum atomic E-state index is 14.3. The van der Waals surface area contributed by atoms with Crippen LogP contribution >= 0.6 is 11.6 Å². The van der Waals surface area contributed by atoms with E-state index in [0.717, 1.165) is 5.56 Å². The molecule has 3 amide bonds. The van der Waals surface area contributed by atoms with Crippen LogP contribution in [0.4, 0.5) is 4.39 Å². The molecule has 9 nitrogen and oxygen atoms in total. The number of aliphatic carboxylic acids is 1. The Morgan fingerprint density at radius 2 is 1.70 bits per heavy atom. The number of halogens is 2. The molecule has 6 rings (SSSR count). The minimum absolute atomic E-state index is 0.00451. The second-order valence-corrected chi connectivity index (χ2v) is 14.5. The number of carboxylic acids is 1. The Morgan fingerprint density at radius 3 is 2.32 bits per heavy atom. The molecular formula is C33H35ClFN3O6. The third-order valence-electron chi connectivity index (χ3n) is 9.63. The highest BCUT2D eigenvalue weighted by atomic mass is 35.5. The molecule has 3 aromatic rings. The van der Waals surface area contributed by atoms with E-state index in [0.29, 0.717) is 48.0 Å². The van der Waals surface area contributed by atoms with Gasteiger partial charge in [0, 0.05) is 36.2 Å². The number of carbonyl (C=O) groups is 4. The number of piperazine rings is 1. The van der Waals surface area contributed by atoms with E-state index in [9.17, 15) is 28.7 Å². The Balaban J connectivity index is 1.23. The van der Waals surface area contributed by atoms with Crippen LogP contribution in [0, 0.1) is 23.1 Å². The summed E-state index contributed by atoms with van der Waals surface area (Å²) in [5.41, 5.74) is 0.827. The molecule has 1 spiro atoms. The van der Waals surface area contributed by atoms with Gasteiger partial charge in [-0.3, -0.25) is 24.1 Å². The number of amides is 3. The average Bonchev–Trinajstić information content (AvgIpc) is 3.32. The number of rotatable bonds is 4. The van der Waals surface area contributed by atoms with E-state index in [-0.39, 0.29) is 47.0 Å². The maximum absolute atomic E-state index is 14.3. The van der Waals surface area contributed by atoms with Crippen LogP contribution < -0.4 is 0 Å². The third-order valence-corrected chi connectivity index (χ3v) is 9.94. The second-order valence-electron chi connectivity index (χ2n) is 14.1. The maximum Gasteiger partial charge on any atom is 0.306 e. The van der Waals surface area contributed by atoms with Crippen LogP contribution in [0.15, 0.2) is 34.7 Å². The highest BCUT2D eigenvalue weighted by Gasteiger charge is 2.58. The molecule has 3 fully saturated rings. The van der Waals surface area contributed by atoms with Crippen LogP contribution in [0.5, 0.6) is 0 Å². The number of carboxylic acid groups (broad SMARTS) is 1. The monoisotopic (exact) mass is 623 g/mol. The predicted octanol–water partition coefficient (Wildman–Crippen LogP) is 6.07. The molecule has 2 aromatic heterocycles. The summed E-state index contributed by atoms with van der Waals surface area (Å²) in [6.45, 7) is 9.42. The van der Waals surface area contributed by atoms with E-state index in [1.165, 1.54) is 28.0 Å². The third kappa shape index (κ3) is 4.87. The van der Waals surface area contributed by atoms with Crippen LogP contribution in [0.25, 0.3) is 22.4 Å². The molecule has 3 heterocycles. The van der Waals surface area contributed by atoms with Gasteiger partial charge in [0.25, 0.3) is 11.8 Å². The van der Waals surface area contributed by atoms with Gasteiger partial charge in [0.15, 0.2) is 11.3 Å². The summed E-state index contributed by atoms with van der Waals surface area (Å²) in [6.07, 6.45) is 2.34. The van der Waals surface area contributed by atoms with Crippen LogP contribution in [0.2, 0.25) is 5.02 Å². The molecule has 1 aliphatic heterocycles. The van der Waals surface area contributed by atoms with Gasteiger partial charge in [0.05, 0.1) is 16.6 Å². The molecule has 1 saturated heterocycles. The van der Waals surface area contributed by atoms with E-state index in [4.69, 9.17) is 16.0 Å². The van der Waals surface area contributed by atoms with Crippen molar-refractivity contribution in [2.45, 2.75) is 71.3 Å². The second kappa shape index (κ2) is 10.1. The number of nitrogens with zero attached hydrogens (tertiary/aromatic N) is 3. The van der Waals surface area contributed by atoms with Gasteiger partial charge in [-0.1, -0.05) is 38.4 Å². The summed E-state index contributed by atoms with van der Waals surface area (Å²) < 4.78 is 20.4. The first-order valence-electron chi connectivity index (χ1n) is 14.8. The fraction of sp³-hybridized carbons (Fsp3) is 0.485. The molecule has 0 radical (unpaired) electrons. The highest BCUT2D eigenvalue weighted by molar-refractivity contribution is 6.30. The zero-order valence-corrected chi connectivity index (χ0v) is 26.1. The molecule has 0 unspecified atom stereocenters. The van der Waals surface area contributed by atoms with E-state index in [2.05, 4.69) is 4.98 Å². The van der Waals surface area contributed by atoms with Crippen molar-refractivity contribution in [3.63, 3.8) is 0 Å². The van der Waals surface area contributed by atoms with Crippen molar-refractivity contribution in [3.8, 4) is 11.3 Å². The smallest absolute Gasteiger partial charge is 0.306 e. The Morgan fingerprint density at radius 1 is 1.05 bits per heavy atom. The van der Waals surface area contributed by atoms with Crippen molar-refractivity contribution in [1.82, 2.24) is 14.8 Å². The lowest BCUT2D eigenvalue weighted by Crippen LogP contribution is -2.67. The molecule has 11 heteroatoms. The molecule has 3 aliphatic rings. The van der Waals surface area contributed by atoms with E-state index < -0.39 is 34.6 Å². The number of hydrogen-bond acceptors (Lipinski definition) is 6. The summed E-state index contributed by atoms with van der Waals surface area (Å²) >= 11 is 5.88. The van der Waals surface area contributed by atoms with Crippen LogP contribution in [0.3, 0.4) is 0 Å². The summed E-state index contributed by atoms with van der Waals surface area (Å²) in [6, 6.07) is 7.81. The van der Waals surface area contributed by atoms with Crippen LogP contribution in [0.1, 0.15) is 76.4 Å². The molecule has 2 aliphatic carbocycles. The van der Waals surface area contributed by atoms with Gasteiger partial charge in [-0.2, -0.15) is 0 Å². The number of fused-ring (bicyclic) bond motifs is 1. The normalized spacial score (nSPS) is 24.8. The number of aromatic nitrogens is 1. The van der Waals surface area contributed by atoms with Gasteiger partial charge in [-0.15, -0.1) is 0 Å². The number of carbonyl (C=O) groups excluding carboxylic acids is 3. The minimum Gasteiger partial charge on any atom is -0.481 e. The highest BCUT2D eigenvalue weighted by Crippen LogP contribution is 2.61. The van der Waals surface area contributed by atoms with Crippen molar-refractivity contribution in [2.75, 3.05) is 13.1 Å². The van der Waals surface area contributed by atoms with Crippen molar-refractivity contribution in [2.24, 2.45) is 17.3 Å². The number of pyridine rings is 1. The summed E-state index contributed by atoms with van der Waals surface area (Å²) in [5, 5.41) is 9.20. The van der Waals surface area contributed by atoms with Crippen molar-refractivity contribution in [3.05, 3.63) is 52.5 Å². The van der Waals surface area contributed by atoms with Gasteiger partial charge in [0.1, 0.15) is 16.9 Å². The number of benzene rings is 1. The zero-order chi connectivity index (χ0) is 31.9. The molecule has 44 heavy (non-hydrogen) atoms. The Kier molecular flexibility index (Phi) is 6.96. The summed E-state index contributed by atoms with van der Waals surface area (Å²) in [5.74, 6) is -3.22. The van der Waals surface area contributed by atoms with Crippen LogP contribution in [-0.2, 0) is 19.8 Å². The largest absolute Gasteiger partial charge is 0.481 e. The molecule has 1 N–H and O–H groups in total. The molecule has 2 saturated carbocycles. The topological polar surface area (TPSA) is 121 Å². The summed E-state index contributed by atoms with van der Waals surface area (Å²) in [4.78, 5) is 59.4. The fourth-order valence-electron chi connectivity index (χ4n) is 7.09. The number of imide groups is 1. The van der Waals surface area contributed by atoms with Gasteiger partial charge in [-0.25, -0.2) is 9.37 Å². The minimum atomic E-state index is -1.32. The average molecular weight is 624 g/mol. The van der Waals surface area contributed by atoms with E-state index >= 15 is 0 Å². The lowest BCUT2D eigenvalue weighted by Gasteiger charge is -2.57. The van der Waals surface area contributed by atoms with Crippen molar-refractivity contribution < 1.29 is 33.1 Å². The van der Waals surface area contributed by atoms with E-state index in [1.807, 2.05) is 26.8 Å². The van der Waals surface area contributed by atoms with Crippen molar-refractivity contribution >= 4 is 46.4 Å². The Bertz CT molecular complexity index is 1730. The number of hydrogen-bond donors (Lipinski definition) is 1. The summed E-state index contributed by atoms with van der Waals surface area (Å²) in [7, 11) is 0. The van der Waals surface area contributed by atoms with Crippen molar-refractivity contribution in [1.29, 1.82) is 0 Å². The molecule has 0 atom stereocenters. The quantitative estimate of drug-likeness (QED) is 0.350. The first-order chi connectivity index (χ1) is 20.5. The molecule has 1 aromatic carbocycles. The Hall–Kier alpha value is -3.79. The van der Waals surface area contributed by atoms with Gasteiger partial charge in [-0.05, 0) is 68.6 Å². The van der Waals surface area contributed by atoms with Gasteiger partial charge in [0.2, 0.25) is 5.91 Å². The molecule has 0 bridgehead atoms. The lowest BCUT2D eigenvalue weighted by atomic mass is 9.48. The van der Waals surface area contributed by atoms with Gasteiger partial charge >= 0.3 is 5.97 Å². The standard InChI is InChI=1S/C33H35ClFN3O6/c1-31(2,3)20-11-23(17-6-7-21(34)22(35)10-17)36-24-12-25(44-26(20)24)28(40)38-9-8-37(30(43)32(38,4)5)27(39)18-13-33(14-18)15-19(16-33)29(41)42/h6-7,10-12,18-19H,8-9,13-16H2,1-5H3,(H,41,42). The lowest BCUT2D eigenvalue weighted by molar-refractivity contribution is -0.170. The first kappa shape index (κ1) is 30.2. The fourth-order valence-corrected chi connectivity index (χ4v) is 7.20. The van der Waals surface area contributed by atoms with E-state index in [1.54, 1.807) is 19.9 Å².